The molecule has 2 aromatic heterocycles. The maximum Gasteiger partial charge on any atom is 0.314 e. The van der Waals surface area contributed by atoms with Gasteiger partial charge in [0.05, 0.1) is 5.52 Å². The van der Waals surface area contributed by atoms with Crippen LogP contribution in [0.3, 0.4) is 0 Å². The monoisotopic (exact) mass is 269 g/mol. The molecule has 3 aromatic rings. The Labute approximate surface area is 113 Å². The molecule has 100 valence electrons. The van der Waals surface area contributed by atoms with Gasteiger partial charge in [0.1, 0.15) is 5.92 Å². The molecule has 0 fully saturated rings. The highest BCUT2D eigenvalue weighted by Gasteiger charge is 2.22. The molecule has 0 spiro atoms. The summed E-state index contributed by atoms with van der Waals surface area (Å²) in [7, 11) is 0. The number of carboxylic acid groups (broad SMARTS) is 1. The van der Waals surface area contributed by atoms with Crippen LogP contribution in [0.2, 0.25) is 0 Å². The largest absolute Gasteiger partial charge is 0.481 e. The molecule has 7 heteroatoms. The number of carbonyl (C=O) groups is 1. The predicted octanol–water partition coefficient (Wildman–Crippen LogP) is 1.40. The van der Waals surface area contributed by atoms with E-state index in [-0.39, 0.29) is 5.82 Å². The number of rotatable bonds is 3. The fourth-order valence-electron chi connectivity index (χ4n) is 1.91. The van der Waals surface area contributed by atoms with Crippen LogP contribution >= 0.6 is 0 Å². The average Bonchev–Trinajstić information content (AvgIpc) is 2.95. The van der Waals surface area contributed by atoms with Crippen molar-refractivity contribution in [2.45, 2.75) is 12.8 Å². The maximum atomic E-state index is 11.1. The quantitative estimate of drug-likeness (QED) is 0.772. The molecule has 0 saturated carbocycles. The van der Waals surface area contributed by atoms with Gasteiger partial charge in [-0.3, -0.25) is 4.79 Å². The molecule has 0 aliphatic heterocycles. The van der Waals surface area contributed by atoms with Crippen LogP contribution < -0.4 is 0 Å². The first kappa shape index (κ1) is 12.2. The summed E-state index contributed by atoms with van der Waals surface area (Å²) in [4.78, 5) is 15.5. The molecule has 1 N–H and O–H groups in total. The Kier molecular flexibility index (Phi) is 2.86. The van der Waals surface area contributed by atoms with Crippen molar-refractivity contribution in [1.82, 2.24) is 25.2 Å². The molecule has 2 heterocycles. The Bertz CT molecular complexity index is 783. The molecular formula is C13H11N5O2. The van der Waals surface area contributed by atoms with Crippen LogP contribution in [0.15, 0.2) is 36.4 Å². The van der Waals surface area contributed by atoms with Gasteiger partial charge in [-0.25, -0.2) is 4.98 Å². The van der Waals surface area contributed by atoms with Crippen LogP contribution in [-0.2, 0) is 4.79 Å². The minimum atomic E-state index is -0.984. The summed E-state index contributed by atoms with van der Waals surface area (Å²) in [5.41, 5.74) is 0.800. The maximum absolute atomic E-state index is 11.1. The van der Waals surface area contributed by atoms with E-state index < -0.39 is 11.9 Å². The van der Waals surface area contributed by atoms with Crippen molar-refractivity contribution in [2.75, 3.05) is 0 Å². The summed E-state index contributed by atoms with van der Waals surface area (Å²) in [6.45, 7) is 1.53. The van der Waals surface area contributed by atoms with Crippen LogP contribution in [0.1, 0.15) is 18.7 Å². The van der Waals surface area contributed by atoms with Crippen LogP contribution in [0.25, 0.3) is 16.7 Å². The topological polar surface area (TPSA) is 93.8 Å². The van der Waals surface area contributed by atoms with Gasteiger partial charge < -0.3 is 5.11 Å². The number of aromatic nitrogens is 5. The molecule has 0 bridgehead atoms. The second-order valence-corrected chi connectivity index (χ2v) is 4.37. The number of fused-ring (bicyclic) bond motifs is 1. The van der Waals surface area contributed by atoms with E-state index >= 15 is 0 Å². The first-order chi connectivity index (χ1) is 9.66. The Hall–Kier alpha value is -2.83. The van der Waals surface area contributed by atoms with E-state index in [0.29, 0.717) is 5.82 Å². The molecule has 0 aliphatic carbocycles. The number of tetrazole rings is 1. The van der Waals surface area contributed by atoms with Crippen molar-refractivity contribution in [3.63, 3.8) is 0 Å². The number of pyridine rings is 1. The predicted molar refractivity (Wildman–Crippen MR) is 70.5 cm³/mol. The lowest BCUT2D eigenvalue weighted by Crippen LogP contribution is -2.15. The van der Waals surface area contributed by atoms with E-state index in [0.717, 1.165) is 10.9 Å². The van der Waals surface area contributed by atoms with Gasteiger partial charge in [-0.05, 0) is 35.5 Å². The summed E-state index contributed by atoms with van der Waals surface area (Å²) in [5, 5.41) is 21.2. The lowest BCUT2D eigenvalue weighted by molar-refractivity contribution is -0.138. The summed E-state index contributed by atoms with van der Waals surface area (Å²) in [6, 6.07) is 11.3. The van der Waals surface area contributed by atoms with Crippen LogP contribution in [0, 0.1) is 0 Å². The lowest BCUT2D eigenvalue weighted by Gasteiger charge is -2.07. The average molecular weight is 269 g/mol. The third kappa shape index (κ3) is 1.99. The Morgan fingerprint density at radius 2 is 2.05 bits per heavy atom. The Balaban J connectivity index is 2.12. The Morgan fingerprint density at radius 1 is 1.25 bits per heavy atom. The molecule has 0 saturated heterocycles. The van der Waals surface area contributed by atoms with Gasteiger partial charge in [0, 0.05) is 5.39 Å². The van der Waals surface area contributed by atoms with Gasteiger partial charge in [0.25, 0.3) is 0 Å². The normalized spacial score (nSPS) is 12.4. The number of aliphatic carboxylic acids is 1. The molecule has 0 amide bonds. The second-order valence-electron chi connectivity index (χ2n) is 4.37. The first-order valence-electron chi connectivity index (χ1n) is 6.04. The summed E-state index contributed by atoms with van der Waals surface area (Å²) in [5.74, 6) is -1.04. The second kappa shape index (κ2) is 4.69. The SMILES string of the molecule is CC(C(=O)O)c1nnnn1-c1ccc2ccccc2n1. The molecule has 1 atom stereocenters. The molecule has 7 nitrogen and oxygen atoms in total. The number of benzene rings is 1. The van der Waals surface area contributed by atoms with Gasteiger partial charge in [-0.2, -0.15) is 4.68 Å². The van der Waals surface area contributed by atoms with Crippen molar-refractivity contribution in [2.24, 2.45) is 0 Å². The zero-order valence-corrected chi connectivity index (χ0v) is 10.6. The van der Waals surface area contributed by atoms with Crippen LogP contribution in [-0.4, -0.2) is 36.3 Å². The highest BCUT2D eigenvalue weighted by atomic mass is 16.4. The van der Waals surface area contributed by atoms with Crippen molar-refractivity contribution in [3.05, 3.63) is 42.2 Å². The highest BCUT2D eigenvalue weighted by Crippen LogP contribution is 2.18. The van der Waals surface area contributed by atoms with Crippen molar-refractivity contribution in [3.8, 4) is 5.82 Å². The van der Waals surface area contributed by atoms with Gasteiger partial charge >= 0.3 is 5.97 Å². The van der Waals surface area contributed by atoms with Gasteiger partial charge in [0.2, 0.25) is 0 Å². The zero-order valence-electron chi connectivity index (χ0n) is 10.6. The fourth-order valence-corrected chi connectivity index (χ4v) is 1.91. The zero-order chi connectivity index (χ0) is 14.1. The standard InChI is InChI=1S/C13H11N5O2/c1-8(13(19)20)12-15-16-17-18(12)11-7-6-9-4-2-3-5-10(9)14-11/h2-8H,1H3,(H,19,20). The van der Waals surface area contributed by atoms with Crippen molar-refractivity contribution < 1.29 is 9.90 Å². The minimum absolute atomic E-state index is 0.250. The molecule has 3 rings (SSSR count). The van der Waals surface area contributed by atoms with Gasteiger partial charge in [-0.15, -0.1) is 5.10 Å². The summed E-state index contributed by atoms with van der Waals surface area (Å²) >= 11 is 0. The first-order valence-corrected chi connectivity index (χ1v) is 6.04. The fraction of sp³-hybridized carbons (Fsp3) is 0.154. The summed E-state index contributed by atoms with van der Waals surface area (Å²) < 4.78 is 1.35. The van der Waals surface area contributed by atoms with Gasteiger partial charge in [0.15, 0.2) is 11.6 Å². The summed E-state index contributed by atoms with van der Waals surface area (Å²) in [6.07, 6.45) is 0. The van der Waals surface area contributed by atoms with E-state index in [9.17, 15) is 4.79 Å². The van der Waals surface area contributed by atoms with E-state index in [2.05, 4.69) is 20.5 Å². The van der Waals surface area contributed by atoms with Crippen molar-refractivity contribution in [1.29, 1.82) is 0 Å². The van der Waals surface area contributed by atoms with Gasteiger partial charge in [-0.1, -0.05) is 18.2 Å². The Morgan fingerprint density at radius 3 is 2.85 bits per heavy atom. The third-order valence-corrected chi connectivity index (χ3v) is 3.05. The van der Waals surface area contributed by atoms with E-state index in [1.807, 2.05) is 30.3 Å². The molecule has 20 heavy (non-hydrogen) atoms. The molecule has 1 unspecified atom stereocenters. The van der Waals surface area contributed by atoms with Crippen LogP contribution in [0.4, 0.5) is 0 Å². The number of para-hydroxylation sites is 1. The van der Waals surface area contributed by atoms with Crippen LogP contribution in [0.5, 0.6) is 0 Å². The van der Waals surface area contributed by atoms with E-state index in [1.165, 1.54) is 11.6 Å². The third-order valence-electron chi connectivity index (χ3n) is 3.05. The van der Waals surface area contributed by atoms with E-state index in [1.54, 1.807) is 6.07 Å². The lowest BCUT2D eigenvalue weighted by atomic mass is 10.1. The van der Waals surface area contributed by atoms with E-state index in [4.69, 9.17) is 5.11 Å². The molecule has 1 aromatic carbocycles. The molecule has 0 radical (unpaired) electrons. The molecular weight excluding hydrogens is 258 g/mol. The number of nitrogens with zero attached hydrogens (tertiary/aromatic N) is 5. The number of hydrogen-bond acceptors (Lipinski definition) is 5. The molecule has 0 aliphatic rings. The smallest absolute Gasteiger partial charge is 0.314 e. The highest BCUT2D eigenvalue weighted by molar-refractivity contribution is 5.79. The van der Waals surface area contributed by atoms with Crippen molar-refractivity contribution >= 4 is 16.9 Å². The number of hydrogen-bond donors (Lipinski definition) is 1. The number of carboxylic acids is 1. The minimum Gasteiger partial charge on any atom is -0.481 e.